The predicted molar refractivity (Wildman–Crippen MR) is 61.5 cm³/mol. The van der Waals surface area contributed by atoms with Gasteiger partial charge in [-0.05, 0) is 27.7 Å². The van der Waals surface area contributed by atoms with E-state index in [0.29, 0.717) is 0 Å². The number of amides is 3. The Morgan fingerprint density at radius 1 is 1.24 bits per heavy atom. The number of hydrogen-bond donors (Lipinski definition) is 4. The molecule has 17 heavy (non-hydrogen) atoms. The van der Waals surface area contributed by atoms with Gasteiger partial charge < -0.3 is 21.1 Å². The zero-order valence-electron chi connectivity index (χ0n) is 10.5. The van der Waals surface area contributed by atoms with Gasteiger partial charge in [0, 0.05) is 5.54 Å². The molecule has 0 saturated heterocycles. The van der Waals surface area contributed by atoms with E-state index in [1.807, 2.05) is 20.8 Å². The largest absolute Gasteiger partial charge is 0.480 e. The van der Waals surface area contributed by atoms with Crippen molar-refractivity contribution in [3.8, 4) is 0 Å². The molecule has 0 aliphatic carbocycles. The molecule has 0 rings (SSSR count). The maximum Gasteiger partial charge on any atom is 0.325 e. The third-order valence-corrected chi connectivity index (χ3v) is 1.64. The van der Waals surface area contributed by atoms with Crippen molar-refractivity contribution in [3.05, 3.63) is 0 Å². The van der Waals surface area contributed by atoms with Gasteiger partial charge in [0.15, 0.2) is 0 Å². The van der Waals surface area contributed by atoms with Crippen LogP contribution in [0.15, 0.2) is 0 Å². The van der Waals surface area contributed by atoms with Crippen LogP contribution in [0.2, 0.25) is 0 Å². The van der Waals surface area contributed by atoms with E-state index in [9.17, 15) is 14.4 Å². The number of urea groups is 1. The molecular weight excluding hydrogens is 226 g/mol. The molecule has 1 atom stereocenters. The molecular formula is C10H19N3O4. The molecule has 0 saturated carbocycles. The van der Waals surface area contributed by atoms with E-state index in [0.717, 1.165) is 0 Å². The molecule has 4 N–H and O–H groups in total. The third kappa shape index (κ3) is 8.06. The lowest BCUT2D eigenvalue weighted by Crippen LogP contribution is -2.49. The van der Waals surface area contributed by atoms with Crippen LogP contribution in [0.25, 0.3) is 0 Å². The maximum atomic E-state index is 11.3. The minimum atomic E-state index is -1.14. The highest BCUT2D eigenvalue weighted by molar-refractivity contribution is 5.86. The second kappa shape index (κ2) is 6.07. The van der Waals surface area contributed by atoms with Crippen LogP contribution in [-0.4, -0.2) is 41.1 Å². The van der Waals surface area contributed by atoms with E-state index in [1.54, 1.807) is 0 Å². The molecule has 7 nitrogen and oxygen atoms in total. The number of carbonyl (C=O) groups excluding carboxylic acids is 2. The summed E-state index contributed by atoms with van der Waals surface area (Å²) in [4.78, 5) is 32.9. The van der Waals surface area contributed by atoms with Crippen LogP contribution < -0.4 is 16.0 Å². The molecule has 0 radical (unpaired) electrons. The summed E-state index contributed by atoms with van der Waals surface area (Å²) in [6.45, 7) is 6.58. The Labute approximate surface area is 100.0 Å². The normalized spacial score (nSPS) is 12.5. The van der Waals surface area contributed by atoms with Crippen LogP contribution in [0, 0.1) is 0 Å². The van der Waals surface area contributed by atoms with Crippen LogP contribution in [0.5, 0.6) is 0 Å². The molecule has 7 heteroatoms. The highest BCUT2D eigenvalue weighted by Crippen LogP contribution is 1.96. The summed E-state index contributed by atoms with van der Waals surface area (Å²) >= 11 is 0. The Kier molecular flexibility index (Phi) is 5.43. The minimum absolute atomic E-state index is 0.199. The standard InChI is InChI=1S/C10H19N3O4/c1-6(8(15)16)12-9(17)11-5-7(14)13-10(2,3)4/h6H,5H2,1-4H3,(H,13,14)(H,15,16)(H2,11,12,17). The Hall–Kier alpha value is -1.79. The van der Waals surface area contributed by atoms with Crippen molar-refractivity contribution in [1.29, 1.82) is 0 Å². The van der Waals surface area contributed by atoms with Gasteiger partial charge in [-0.3, -0.25) is 9.59 Å². The predicted octanol–water partition coefficient (Wildman–Crippen LogP) is -0.327. The molecule has 0 bridgehead atoms. The van der Waals surface area contributed by atoms with E-state index in [4.69, 9.17) is 5.11 Å². The second-order valence-electron chi connectivity index (χ2n) is 4.69. The lowest BCUT2D eigenvalue weighted by atomic mass is 10.1. The molecule has 0 aromatic rings. The van der Waals surface area contributed by atoms with Crippen LogP contribution in [0.4, 0.5) is 4.79 Å². The van der Waals surface area contributed by atoms with Crippen molar-refractivity contribution in [3.63, 3.8) is 0 Å². The van der Waals surface area contributed by atoms with Crippen molar-refractivity contribution in [2.45, 2.75) is 39.3 Å². The first-order valence-electron chi connectivity index (χ1n) is 5.20. The van der Waals surface area contributed by atoms with Gasteiger partial charge in [0.05, 0.1) is 6.54 Å². The van der Waals surface area contributed by atoms with E-state index in [-0.39, 0.29) is 18.0 Å². The molecule has 0 spiro atoms. The smallest absolute Gasteiger partial charge is 0.325 e. The van der Waals surface area contributed by atoms with E-state index >= 15 is 0 Å². The summed E-state index contributed by atoms with van der Waals surface area (Å²) in [5.74, 6) is -1.48. The van der Waals surface area contributed by atoms with Crippen molar-refractivity contribution < 1.29 is 19.5 Å². The summed E-state index contributed by atoms with van der Waals surface area (Å²) in [7, 11) is 0. The van der Waals surface area contributed by atoms with Crippen molar-refractivity contribution in [2.75, 3.05) is 6.54 Å². The van der Waals surface area contributed by atoms with Gasteiger partial charge in [-0.25, -0.2) is 4.79 Å². The number of carbonyl (C=O) groups is 3. The second-order valence-corrected chi connectivity index (χ2v) is 4.69. The lowest BCUT2D eigenvalue weighted by molar-refractivity contribution is -0.138. The number of hydrogen-bond acceptors (Lipinski definition) is 3. The molecule has 0 fully saturated rings. The van der Waals surface area contributed by atoms with Gasteiger partial charge in [0.1, 0.15) is 6.04 Å². The highest BCUT2D eigenvalue weighted by Gasteiger charge is 2.16. The quantitative estimate of drug-likeness (QED) is 0.544. The Bertz CT molecular complexity index is 309. The molecule has 0 aromatic carbocycles. The maximum absolute atomic E-state index is 11.3. The summed E-state index contributed by atoms with van der Waals surface area (Å²) in [5.41, 5.74) is -0.371. The first-order chi connectivity index (χ1) is 7.61. The summed E-state index contributed by atoms with van der Waals surface area (Å²) in [6, 6.07) is -1.69. The minimum Gasteiger partial charge on any atom is -0.480 e. The van der Waals surface area contributed by atoms with Gasteiger partial charge in [-0.2, -0.15) is 0 Å². The zero-order chi connectivity index (χ0) is 13.6. The van der Waals surface area contributed by atoms with E-state index < -0.39 is 18.0 Å². The van der Waals surface area contributed by atoms with Crippen LogP contribution in [-0.2, 0) is 9.59 Å². The summed E-state index contributed by atoms with van der Waals surface area (Å²) < 4.78 is 0. The van der Waals surface area contributed by atoms with Crippen molar-refractivity contribution in [1.82, 2.24) is 16.0 Å². The number of rotatable bonds is 4. The van der Waals surface area contributed by atoms with E-state index in [2.05, 4.69) is 16.0 Å². The Morgan fingerprint density at radius 3 is 2.18 bits per heavy atom. The van der Waals surface area contributed by atoms with Gasteiger partial charge in [0.25, 0.3) is 0 Å². The number of carboxylic acids is 1. The van der Waals surface area contributed by atoms with Crippen molar-refractivity contribution >= 4 is 17.9 Å². The highest BCUT2D eigenvalue weighted by atomic mass is 16.4. The third-order valence-electron chi connectivity index (χ3n) is 1.64. The van der Waals surface area contributed by atoms with Gasteiger partial charge in [0.2, 0.25) is 5.91 Å². The zero-order valence-corrected chi connectivity index (χ0v) is 10.5. The first kappa shape index (κ1) is 15.2. The molecule has 0 aliphatic heterocycles. The Balaban J connectivity index is 3.93. The summed E-state index contributed by atoms with van der Waals surface area (Å²) in [6.07, 6.45) is 0. The average molecular weight is 245 g/mol. The topological polar surface area (TPSA) is 108 Å². The Morgan fingerprint density at radius 2 is 1.76 bits per heavy atom. The molecule has 0 aromatic heterocycles. The summed E-state index contributed by atoms with van der Waals surface area (Å²) in [5, 5.41) is 15.6. The van der Waals surface area contributed by atoms with Crippen molar-refractivity contribution in [2.24, 2.45) is 0 Å². The van der Waals surface area contributed by atoms with E-state index in [1.165, 1.54) is 6.92 Å². The molecule has 0 heterocycles. The van der Waals surface area contributed by atoms with Gasteiger partial charge >= 0.3 is 12.0 Å². The number of nitrogens with one attached hydrogen (secondary N) is 3. The monoisotopic (exact) mass is 245 g/mol. The number of aliphatic carboxylic acids is 1. The number of carboxylic acid groups (broad SMARTS) is 1. The lowest BCUT2D eigenvalue weighted by Gasteiger charge is -2.20. The molecule has 3 amide bonds. The molecule has 98 valence electrons. The molecule has 1 unspecified atom stereocenters. The van der Waals surface area contributed by atoms with Gasteiger partial charge in [-0.1, -0.05) is 0 Å². The fraction of sp³-hybridized carbons (Fsp3) is 0.700. The fourth-order valence-electron chi connectivity index (χ4n) is 0.932. The fourth-order valence-corrected chi connectivity index (χ4v) is 0.932. The first-order valence-corrected chi connectivity index (χ1v) is 5.20. The molecule has 0 aliphatic rings. The SMILES string of the molecule is CC(NC(=O)NCC(=O)NC(C)(C)C)C(=O)O. The van der Waals surface area contributed by atoms with Crippen LogP contribution in [0.1, 0.15) is 27.7 Å². The average Bonchev–Trinajstić information content (AvgIpc) is 2.11. The van der Waals surface area contributed by atoms with Gasteiger partial charge in [-0.15, -0.1) is 0 Å². The van der Waals surface area contributed by atoms with Crippen LogP contribution >= 0.6 is 0 Å². The van der Waals surface area contributed by atoms with Crippen LogP contribution in [0.3, 0.4) is 0 Å².